The highest BCUT2D eigenvalue weighted by atomic mass is 32.2. The summed E-state index contributed by atoms with van der Waals surface area (Å²) in [5.74, 6) is 2.26. The normalized spacial score (nSPS) is 13.3. The quantitative estimate of drug-likeness (QED) is 0.792. The van der Waals surface area contributed by atoms with E-state index in [9.17, 15) is 0 Å². The van der Waals surface area contributed by atoms with Crippen LogP contribution in [0, 0.1) is 0 Å². The summed E-state index contributed by atoms with van der Waals surface area (Å²) in [5.41, 5.74) is 1.29. The third-order valence-electron chi connectivity index (χ3n) is 2.61. The highest BCUT2D eigenvalue weighted by Gasteiger charge is 2.13. The number of thioether (sulfide) groups is 1. The summed E-state index contributed by atoms with van der Waals surface area (Å²) in [4.78, 5) is 4.44. The molecule has 0 unspecified atom stereocenters. The smallest absolute Gasteiger partial charge is 0.258 e. The van der Waals surface area contributed by atoms with Gasteiger partial charge >= 0.3 is 0 Å². The predicted molar refractivity (Wildman–Crippen MR) is 71.2 cm³/mol. The first-order valence-electron chi connectivity index (χ1n) is 5.85. The number of benzene rings is 1. The Morgan fingerprint density at radius 1 is 1.00 bits per heavy atom. The number of rotatable bonds is 3. The topological polar surface area (TPSA) is 31.4 Å². The van der Waals surface area contributed by atoms with Crippen LogP contribution < -0.4 is 9.47 Å². The molecule has 2 aromatic rings. The lowest BCUT2D eigenvalue weighted by Gasteiger charge is -2.17. The summed E-state index contributed by atoms with van der Waals surface area (Å²) in [6, 6.07) is 14.3. The van der Waals surface area contributed by atoms with Crippen molar-refractivity contribution in [3.63, 3.8) is 0 Å². The molecule has 1 aromatic heterocycles. The molecular formula is C14H13NO2S. The van der Waals surface area contributed by atoms with Crippen molar-refractivity contribution in [2.75, 3.05) is 13.2 Å². The molecule has 2 heterocycles. The minimum atomic E-state index is 0.576. The molecule has 3 rings (SSSR count). The molecule has 1 aromatic carbocycles. The van der Waals surface area contributed by atoms with Gasteiger partial charge in [0.1, 0.15) is 18.2 Å². The minimum absolute atomic E-state index is 0.576. The van der Waals surface area contributed by atoms with Crippen molar-refractivity contribution < 1.29 is 9.47 Å². The van der Waals surface area contributed by atoms with Gasteiger partial charge in [-0.25, -0.2) is 4.98 Å². The molecule has 1 aliphatic heterocycles. The fourth-order valence-electron chi connectivity index (χ4n) is 1.73. The van der Waals surface area contributed by atoms with Crippen LogP contribution in [0.15, 0.2) is 47.5 Å². The van der Waals surface area contributed by atoms with Gasteiger partial charge in [0.05, 0.1) is 0 Å². The Hall–Kier alpha value is -1.68. The standard InChI is InChI=1S/C14H13NO2S/c1-2-4-11(5-3-1)10-18-13-7-6-12-14(15-13)17-9-8-16-12/h1-7H,8-10H2. The largest absolute Gasteiger partial charge is 0.484 e. The lowest BCUT2D eigenvalue weighted by Crippen LogP contribution is -2.16. The lowest BCUT2D eigenvalue weighted by molar-refractivity contribution is 0.163. The first-order chi connectivity index (χ1) is 8.92. The molecule has 0 saturated carbocycles. The molecule has 0 fully saturated rings. The maximum atomic E-state index is 5.47. The zero-order valence-corrected chi connectivity index (χ0v) is 10.7. The molecular weight excluding hydrogens is 246 g/mol. The van der Waals surface area contributed by atoms with Crippen LogP contribution in [0.4, 0.5) is 0 Å². The van der Waals surface area contributed by atoms with Gasteiger partial charge in [-0.2, -0.15) is 0 Å². The average Bonchev–Trinajstić information content (AvgIpc) is 2.46. The maximum absolute atomic E-state index is 5.47. The molecule has 0 amide bonds. The van der Waals surface area contributed by atoms with E-state index in [1.54, 1.807) is 11.8 Å². The third kappa shape index (κ3) is 2.59. The molecule has 92 valence electrons. The van der Waals surface area contributed by atoms with Crippen LogP contribution in [0.5, 0.6) is 11.6 Å². The Kier molecular flexibility index (Phi) is 3.37. The summed E-state index contributed by atoms with van der Waals surface area (Å²) in [5, 5.41) is 0.961. The Balaban J connectivity index is 1.70. The molecule has 0 N–H and O–H groups in total. The Labute approximate surface area is 110 Å². The molecule has 0 radical (unpaired) electrons. The van der Waals surface area contributed by atoms with E-state index in [2.05, 4.69) is 17.1 Å². The number of fused-ring (bicyclic) bond motifs is 1. The van der Waals surface area contributed by atoms with E-state index in [-0.39, 0.29) is 0 Å². The van der Waals surface area contributed by atoms with E-state index < -0.39 is 0 Å². The zero-order chi connectivity index (χ0) is 12.2. The van der Waals surface area contributed by atoms with Crippen molar-refractivity contribution in [2.45, 2.75) is 10.8 Å². The van der Waals surface area contributed by atoms with E-state index in [1.807, 2.05) is 30.3 Å². The van der Waals surface area contributed by atoms with Crippen molar-refractivity contribution >= 4 is 11.8 Å². The Morgan fingerprint density at radius 2 is 1.83 bits per heavy atom. The average molecular weight is 259 g/mol. The molecule has 0 bridgehead atoms. The minimum Gasteiger partial charge on any atom is -0.484 e. The third-order valence-corrected chi connectivity index (χ3v) is 3.61. The van der Waals surface area contributed by atoms with Gasteiger partial charge in [-0.3, -0.25) is 0 Å². The molecule has 18 heavy (non-hydrogen) atoms. The van der Waals surface area contributed by atoms with Gasteiger partial charge in [0, 0.05) is 5.75 Å². The second-order valence-electron chi connectivity index (χ2n) is 3.92. The van der Waals surface area contributed by atoms with Gasteiger partial charge < -0.3 is 9.47 Å². The van der Waals surface area contributed by atoms with E-state index in [0.717, 1.165) is 16.5 Å². The summed E-state index contributed by atoms with van der Waals surface area (Å²) < 4.78 is 10.9. The van der Waals surface area contributed by atoms with Gasteiger partial charge in [-0.1, -0.05) is 30.3 Å². The number of pyridine rings is 1. The van der Waals surface area contributed by atoms with Crippen molar-refractivity contribution in [3.05, 3.63) is 48.0 Å². The molecule has 4 heteroatoms. The van der Waals surface area contributed by atoms with E-state index in [1.165, 1.54) is 5.56 Å². The molecule has 0 spiro atoms. The number of nitrogens with zero attached hydrogens (tertiary/aromatic N) is 1. The predicted octanol–water partition coefficient (Wildman–Crippen LogP) is 3.15. The van der Waals surface area contributed by atoms with E-state index in [0.29, 0.717) is 19.1 Å². The summed E-state index contributed by atoms with van der Waals surface area (Å²) in [6.07, 6.45) is 0. The number of aromatic nitrogens is 1. The number of ether oxygens (including phenoxy) is 2. The van der Waals surface area contributed by atoms with Crippen LogP contribution >= 0.6 is 11.8 Å². The second kappa shape index (κ2) is 5.31. The highest BCUT2D eigenvalue weighted by Crippen LogP contribution is 2.31. The maximum Gasteiger partial charge on any atom is 0.258 e. The molecule has 3 nitrogen and oxygen atoms in total. The summed E-state index contributed by atoms with van der Waals surface area (Å²) in [6.45, 7) is 1.18. The SMILES string of the molecule is c1ccc(CSc2ccc3c(n2)OCCO3)cc1. The first kappa shape index (κ1) is 11.4. The zero-order valence-electron chi connectivity index (χ0n) is 9.83. The van der Waals surface area contributed by atoms with Crippen molar-refractivity contribution in [1.29, 1.82) is 0 Å². The van der Waals surface area contributed by atoms with Crippen LogP contribution in [-0.2, 0) is 5.75 Å². The molecule has 0 saturated heterocycles. The lowest BCUT2D eigenvalue weighted by atomic mass is 10.2. The van der Waals surface area contributed by atoms with Crippen LogP contribution in [-0.4, -0.2) is 18.2 Å². The Morgan fingerprint density at radius 3 is 2.72 bits per heavy atom. The van der Waals surface area contributed by atoms with Gasteiger partial charge in [0.25, 0.3) is 5.88 Å². The second-order valence-corrected chi connectivity index (χ2v) is 4.92. The number of hydrogen-bond donors (Lipinski definition) is 0. The highest BCUT2D eigenvalue weighted by molar-refractivity contribution is 7.98. The van der Waals surface area contributed by atoms with E-state index in [4.69, 9.17) is 9.47 Å². The number of hydrogen-bond acceptors (Lipinski definition) is 4. The monoisotopic (exact) mass is 259 g/mol. The summed E-state index contributed by atoms with van der Waals surface area (Å²) in [7, 11) is 0. The van der Waals surface area contributed by atoms with Crippen molar-refractivity contribution in [1.82, 2.24) is 4.98 Å². The summed E-state index contributed by atoms with van der Waals surface area (Å²) >= 11 is 1.70. The molecule has 0 atom stereocenters. The van der Waals surface area contributed by atoms with Gasteiger partial charge in [0.15, 0.2) is 5.75 Å². The van der Waals surface area contributed by atoms with E-state index >= 15 is 0 Å². The first-order valence-corrected chi connectivity index (χ1v) is 6.84. The van der Waals surface area contributed by atoms with Crippen LogP contribution in [0.2, 0.25) is 0 Å². The van der Waals surface area contributed by atoms with Gasteiger partial charge in [-0.05, 0) is 17.7 Å². The van der Waals surface area contributed by atoms with Gasteiger partial charge in [-0.15, -0.1) is 11.8 Å². The molecule has 0 aliphatic carbocycles. The fraction of sp³-hybridized carbons (Fsp3) is 0.214. The van der Waals surface area contributed by atoms with Gasteiger partial charge in [0.2, 0.25) is 0 Å². The Bertz CT molecular complexity index is 531. The van der Waals surface area contributed by atoms with Crippen molar-refractivity contribution in [3.8, 4) is 11.6 Å². The molecule has 1 aliphatic rings. The van der Waals surface area contributed by atoms with Crippen LogP contribution in [0.1, 0.15) is 5.56 Å². The van der Waals surface area contributed by atoms with Crippen molar-refractivity contribution in [2.24, 2.45) is 0 Å². The van der Waals surface area contributed by atoms with Crippen LogP contribution in [0.3, 0.4) is 0 Å². The fourth-order valence-corrected chi connectivity index (χ4v) is 2.54. The van der Waals surface area contributed by atoms with Crippen LogP contribution in [0.25, 0.3) is 0 Å².